The fraction of sp³-hybridized carbons (Fsp3) is 0.562. The highest BCUT2D eigenvalue weighted by atomic mass is 32.2. The van der Waals surface area contributed by atoms with Crippen molar-refractivity contribution < 1.29 is 17.7 Å². The molecule has 0 amide bonds. The molecule has 1 saturated heterocycles. The number of hydrogen-bond acceptors (Lipinski definition) is 7. The van der Waals surface area contributed by atoms with Gasteiger partial charge in [-0.15, -0.1) is 5.10 Å². The third-order valence-electron chi connectivity index (χ3n) is 4.38. The quantitative estimate of drug-likeness (QED) is 0.796. The fourth-order valence-corrected chi connectivity index (χ4v) is 4.72. The lowest BCUT2D eigenvalue weighted by Gasteiger charge is -2.30. The van der Waals surface area contributed by atoms with Crippen molar-refractivity contribution in [3.8, 4) is 5.88 Å². The maximum atomic E-state index is 12.8. The molecular weight excluding hydrogens is 344 g/mol. The zero-order valence-electron chi connectivity index (χ0n) is 14.6. The Hall–Kier alpha value is -2.00. The second-order valence-electron chi connectivity index (χ2n) is 6.32. The molecule has 3 rings (SSSR count). The van der Waals surface area contributed by atoms with Crippen molar-refractivity contribution in [2.75, 3.05) is 19.7 Å². The van der Waals surface area contributed by atoms with Crippen LogP contribution in [0.2, 0.25) is 0 Å². The van der Waals surface area contributed by atoms with E-state index in [0.717, 1.165) is 18.5 Å². The van der Waals surface area contributed by atoms with Crippen LogP contribution in [0.25, 0.3) is 0 Å². The predicted octanol–water partition coefficient (Wildman–Crippen LogP) is 1.87. The molecule has 136 valence electrons. The van der Waals surface area contributed by atoms with E-state index in [1.165, 1.54) is 4.31 Å². The molecule has 1 aliphatic heterocycles. The van der Waals surface area contributed by atoms with Gasteiger partial charge in [-0.25, -0.2) is 8.42 Å². The minimum absolute atomic E-state index is 0.192. The van der Waals surface area contributed by atoms with Crippen LogP contribution in [-0.4, -0.2) is 47.8 Å². The van der Waals surface area contributed by atoms with Crippen LogP contribution in [0.1, 0.15) is 30.0 Å². The van der Waals surface area contributed by atoms with Crippen molar-refractivity contribution in [1.29, 1.82) is 0 Å². The Labute approximate surface area is 147 Å². The van der Waals surface area contributed by atoms with Gasteiger partial charge >= 0.3 is 0 Å². The van der Waals surface area contributed by atoms with Crippen LogP contribution in [-0.2, 0) is 10.0 Å². The van der Waals surface area contributed by atoms with Gasteiger partial charge in [0.1, 0.15) is 10.6 Å². The highest BCUT2D eigenvalue weighted by molar-refractivity contribution is 7.89. The Morgan fingerprint density at radius 2 is 1.92 bits per heavy atom. The van der Waals surface area contributed by atoms with Gasteiger partial charge in [0.2, 0.25) is 15.9 Å². The molecule has 1 fully saturated rings. The van der Waals surface area contributed by atoms with E-state index in [2.05, 4.69) is 15.4 Å². The van der Waals surface area contributed by atoms with Gasteiger partial charge in [-0.1, -0.05) is 5.16 Å². The summed E-state index contributed by atoms with van der Waals surface area (Å²) in [5.41, 5.74) is 1.24. The average Bonchev–Trinajstić information content (AvgIpc) is 2.94. The van der Waals surface area contributed by atoms with E-state index >= 15 is 0 Å². The van der Waals surface area contributed by atoms with Gasteiger partial charge in [-0.3, -0.25) is 0 Å². The van der Waals surface area contributed by atoms with E-state index in [1.54, 1.807) is 19.9 Å². The van der Waals surface area contributed by atoms with Crippen molar-refractivity contribution in [3.63, 3.8) is 0 Å². The molecule has 0 radical (unpaired) electrons. The summed E-state index contributed by atoms with van der Waals surface area (Å²) in [6.45, 7) is 6.56. The zero-order chi connectivity index (χ0) is 18.0. The Morgan fingerprint density at radius 1 is 1.20 bits per heavy atom. The first-order chi connectivity index (χ1) is 11.9. The van der Waals surface area contributed by atoms with E-state index < -0.39 is 10.0 Å². The number of rotatable bonds is 5. The highest BCUT2D eigenvalue weighted by Gasteiger charge is 2.33. The number of hydrogen-bond donors (Lipinski definition) is 0. The standard InChI is InChI=1S/C16H22N4O4S/c1-11-4-5-15(18-17-11)23-10-14-6-8-20(9-7-14)25(21,22)16-12(2)19-24-13(16)3/h4-5,14H,6-10H2,1-3H3. The van der Waals surface area contributed by atoms with E-state index in [9.17, 15) is 8.42 Å². The molecule has 0 bridgehead atoms. The molecular formula is C16H22N4O4S. The SMILES string of the molecule is Cc1ccc(OCC2CCN(S(=O)(=O)c3c(C)noc3C)CC2)nn1. The Morgan fingerprint density at radius 3 is 2.48 bits per heavy atom. The predicted molar refractivity (Wildman–Crippen MR) is 89.7 cm³/mol. The first-order valence-electron chi connectivity index (χ1n) is 8.24. The second-order valence-corrected chi connectivity index (χ2v) is 8.20. The molecule has 1 aliphatic rings. The van der Waals surface area contributed by atoms with Crippen LogP contribution < -0.4 is 4.74 Å². The molecule has 0 N–H and O–H groups in total. The van der Waals surface area contributed by atoms with E-state index in [4.69, 9.17) is 9.26 Å². The number of piperidine rings is 1. The second kappa shape index (κ2) is 7.09. The summed E-state index contributed by atoms with van der Waals surface area (Å²) in [7, 11) is -3.56. The number of aryl methyl sites for hydroxylation is 3. The largest absolute Gasteiger partial charge is 0.476 e. The summed E-state index contributed by atoms with van der Waals surface area (Å²) >= 11 is 0. The molecule has 0 atom stereocenters. The summed E-state index contributed by atoms with van der Waals surface area (Å²) < 4.78 is 37.7. The first-order valence-corrected chi connectivity index (χ1v) is 9.68. The lowest BCUT2D eigenvalue weighted by molar-refractivity contribution is 0.179. The number of nitrogens with zero attached hydrogens (tertiary/aromatic N) is 4. The van der Waals surface area contributed by atoms with Crippen molar-refractivity contribution >= 4 is 10.0 Å². The van der Waals surface area contributed by atoms with Crippen LogP contribution in [0, 0.1) is 26.7 Å². The molecule has 2 aromatic rings. The molecule has 9 heteroatoms. The van der Waals surface area contributed by atoms with Crippen LogP contribution in [0.15, 0.2) is 21.6 Å². The molecule has 2 aromatic heterocycles. The van der Waals surface area contributed by atoms with Crippen molar-refractivity contribution in [3.05, 3.63) is 29.3 Å². The number of aromatic nitrogens is 3. The summed E-state index contributed by atoms with van der Waals surface area (Å²) in [4.78, 5) is 0.192. The monoisotopic (exact) mass is 366 g/mol. The Kier molecular flexibility index (Phi) is 5.05. The summed E-state index contributed by atoms with van der Waals surface area (Å²) in [5, 5.41) is 11.7. The Balaban J connectivity index is 1.57. The lowest BCUT2D eigenvalue weighted by atomic mass is 9.99. The molecule has 0 unspecified atom stereocenters. The minimum atomic E-state index is -3.56. The van der Waals surface area contributed by atoms with Gasteiger partial charge in [-0.2, -0.15) is 9.40 Å². The van der Waals surface area contributed by atoms with Gasteiger partial charge in [0.05, 0.1) is 12.3 Å². The number of sulfonamides is 1. The summed E-state index contributed by atoms with van der Waals surface area (Å²) in [6, 6.07) is 3.64. The maximum Gasteiger partial charge on any atom is 0.248 e. The van der Waals surface area contributed by atoms with Crippen molar-refractivity contribution in [1.82, 2.24) is 19.7 Å². The van der Waals surface area contributed by atoms with Crippen LogP contribution in [0.3, 0.4) is 0 Å². The maximum absolute atomic E-state index is 12.8. The zero-order valence-corrected chi connectivity index (χ0v) is 15.4. The molecule has 25 heavy (non-hydrogen) atoms. The molecule has 0 spiro atoms. The van der Waals surface area contributed by atoms with Crippen molar-refractivity contribution in [2.24, 2.45) is 5.92 Å². The first kappa shape index (κ1) is 17.8. The minimum Gasteiger partial charge on any atom is -0.476 e. The van der Waals surface area contributed by atoms with Gasteiger partial charge in [0.15, 0.2) is 5.76 Å². The molecule has 0 aliphatic carbocycles. The molecule has 8 nitrogen and oxygen atoms in total. The highest BCUT2D eigenvalue weighted by Crippen LogP contribution is 2.27. The number of ether oxygens (including phenoxy) is 1. The third-order valence-corrected chi connectivity index (χ3v) is 6.52. The third kappa shape index (κ3) is 3.82. The van der Waals surface area contributed by atoms with Gasteiger partial charge < -0.3 is 9.26 Å². The smallest absolute Gasteiger partial charge is 0.248 e. The van der Waals surface area contributed by atoms with E-state index in [-0.39, 0.29) is 4.90 Å². The molecule has 0 aromatic carbocycles. The van der Waals surface area contributed by atoms with Crippen LogP contribution in [0.5, 0.6) is 5.88 Å². The fourth-order valence-electron chi connectivity index (χ4n) is 2.96. The van der Waals surface area contributed by atoms with E-state index in [1.807, 2.05) is 13.0 Å². The van der Waals surface area contributed by atoms with Gasteiger partial charge in [0, 0.05) is 19.2 Å². The summed E-state index contributed by atoms with van der Waals surface area (Å²) in [6.07, 6.45) is 1.48. The summed E-state index contributed by atoms with van der Waals surface area (Å²) in [5.74, 6) is 1.12. The van der Waals surface area contributed by atoms with E-state index in [0.29, 0.717) is 42.9 Å². The Bertz CT molecular complexity index is 805. The van der Waals surface area contributed by atoms with Gasteiger partial charge in [0.25, 0.3) is 0 Å². The van der Waals surface area contributed by atoms with Crippen LogP contribution >= 0.6 is 0 Å². The lowest BCUT2D eigenvalue weighted by Crippen LogP contribution is -2.40. The molecule has 0 saturated carbocycles. The average molecular weight is 366 g/mol. The molecule has 3 heterocycles. The van der Waals surface area contributed by atoms with Crippen LogP contribution in [0.4, 0.5) is 0 Å². The normalized spacial score (nSPS) is 16.9. The topological polar surface area (TPSA) is 98.4 Å². The van der Waals surface area contributed by atoms with Gasteiger partial charge in [-0.05, 0) is 45.6 Å². The van der Waals surface area contributed by atoms with Crippen molar-refractivity contribution in [2.45, 2.75) is 38.5 Å².